The van der Waals surface area contributed by atoms with Gasteiger partial charge in [-0.05, 0) is 29.7 Å². The van der Waals surface area contributed by atoms with E-state index in [1.54, 1.807) is 24.3 Å². The second kappa shape index (κ2) is 6.52. The molecule has 0 aromatic heterocycles. The molecule has 0 spiro atoms. The molecule has 21 heavy (non-hydrogen) atoms. The van der Waals surface area contributed by atoms with Gasteiger partial charge in [-0.1, -0.05) is 41.9 Å². The highest BCUT2D eigenvalue weighted by Gasteiger charge is 2.33. The van der Waals surface area contributed by atoms with Crippen molar-refractivity contribution in [1.82, 2.24) is 0 Å². The molecule has 1 atom stereocenters. The van der Waals surface area contributed by atoms with Crippen LogP contribution in [0.1, 0.15) is 11.1 Å². The zero-order chi connectivity index (χ0) is 15.5. The van der Waals surface area contributed by atoms with Gasteiger partial charge in [-0.3, -0.25) is 0 Å². The van der Waals surface area contributed by atoms with Crippen molar-refractivity contribution in [2.75, 3.05) is 13.2 Å². The summed E-state index contributed by atoms with van der Waals surface area (Å²) in [7, 11) is 0. The number of nitrogens with two attached hydrogens (primary N) is 1. The third kappa shape index (κ3) is 3.07. The van der Waals surface area contributed by atoms with E-state index in [9.17, 15) is 13.9 Å². The molecule has 5 heteroatoms. The van der Waals surface area contributed by atoms with E-state index < -0.39 is 17.0 Å². The lowest BCUT2D eigenvalue weighted by atomic mass is 9.76. The van der Waals surface area contributed by atoms with Crippen LogP contribution in [0.15, 0.2) is 42.5 Å². The van der Waals surface area contributed by atoms with Crippen molar-refractivity contribution in [3.8, 4) is 0 Å². The van der Waals surface area contributed by atoms with Gasteiger partial charge in [0.1, 0.15) is 11.6 Å². The summed E-state index contributed by atoms with van der Waals surface area (Å²) in [6.07, 6.45) is 0.150. The van der Waals surface area contributed by atoms with E-state index >= 15 is 0 Å². The van der Waals surface area contributed by atoms with Crippen molar-refractivity contribution < 1.29 is 13.9 Å². The monoisotopic (exact) mass is 311 g/mol. The van der Waals surface area contributed by atoms with E-state index in [1.165, 1.54) is 18.2 Å². The Kier molecular flexibility index (Phi) is 4.93. The van der Waals surface area contributed by atoms with Gasteiger partial charge in [0.2, 0.25) is 0 Å². The third-order valence-electron chi connectivity index (χ3n) is 3.70. The Hall–Kier alpha value is -1.49. The predicted octanol–water partition coefficient (Wildman–Crippen LogP) is 3.05. The Morgan fingerprint density at radius 3 is 2.33 bits per heavy atom. The van der Waals surface area contributed by atoms with Crippen LogP contribution in [0.4, 0.5) is 8.78 Å². The van der Waals surface area contributed by atoms with Crippen LogP contribution in [-0.2, 0) is 11.8 Å². The van der Waals surface area contributed by atoms with Gasteiger partial charge in [0.15, 0.2) is 0 Å². The minimum Gasteiger partial charge on any atom is -0.395 e. The minimum absolute atomic E-state index is 0.0112. The van der Waals surface area contributed by atoms with Gasteiger partial charge >= 0.3 is 0 Å². The fourth-order valence-electron chi connectivity index (χ4n) is 2.42. The third-order valence-corrected chi connectivity index (χ3v) is 4.12. The smallest absolute Gasteiger partial charge is 0.142 e. The summed E-state index contributed by atoms with van der Waals surface area (Å²) in [4.78, 5) is 0. The van der Waals surface area contributed by atoms with E-state index in [0.29, 0.717) is 11.1 Å². The largest absolute Gasteiger partial charge is 0.395 e. The molecule has 3 N–H and O–H groups in total. The van der Waals surface area contributed by atoms with Crippen molar-refractivity contribution >= 4 is 11.6 Å². The Labute approximate surface area is 127 Å². The van der Waals surface area contributed by atoms with Crippen LogP contribution < -0.4 is 5.73 Å². The molecule has 0 radical (unpaired) electrons. The first kappa shape index (κ1) is 15.9. The molecular weight excluding hydrogens is 296 g/mol. The maximum absolute atomic E-state index is 14.1. The SMILES string of the molecule is NCC(CO)(Cc1cccc(F)c1Cl)c1ccccc1F. The highest BCUT2D eigenvalue weighted by molar-refractivity contribution is 6.31. The van der Waals surface area contributed by atoms with Gasteiger partial charge in [-0.2, -0.15) is 0 Å². The number of halogens is 3. The molecular formula is C16H16ClF2NO. The van der Waals surface area contributed by atoms with Crippen molar-refractivity contribution in [2.24, 2.45) is 5.73 Å². The fourth-order valence-corrected chi connectivity index (χ4v) is 2.62. The lowest BCUT2D eigenvalue weighted by Gasteiger charge is -2.32. The highest BCUT2D eigenvalue weighted by atomic mass is 35.5. The molecule has 2 rings (SSSR count). The van der Waals surface area contributed by atoms with Crippen molar-refractivity contribution in [3.63, 3.8) is 0 Å². The van der Waals surface area contributed by atoms with E-state index in [0.717, 1.165) is 0 Å². The molecule has 0 amide bonds. The Morgan fingerprint density at radius 1 is 1.05 bits per heavy atom. The second-order valence-corrected chi connectivity index (χ2v) is 5.39. The van der Waals surface area contributed by atoms with Crippen LogP contribution in [0.3, 0.4) is 0 Å². The quantitative estimate of drug-likeness (QED) is 0.891. The standard InChI is InChI=1S/C16H16ClF2NO/c17-15-11(4-3-7-14(15)19)8-16(9-20,10-21)12-5-1-2-6-13(12)18/h1-7,21H,8-10,20H2. The molecule has 0 saturated heterocycles. The molecule has 0 aliphatic carbocycles. The summed E-state index contributed by atoms with van der Waals surface area (Å²) < 4.78 is 27.6. The first-order valence-electron chi connectivity index (χ1n) is 6.53. The van der Waals surface area contributed by atoms with Gasteiger partial charge in [-0.25, -0.2) is 8.78 Å². The average molecular weight is 312 g/mol. The first-order chi connectivity index (χ1) is 10.0. The number of benzene rings is 2. The number of hydrogen-bond donors (Lipinski definition) is 2. The lowest BCUT2D eigenvalue weighted by Crippen LogP contribution is -2.41. The lowest BCUT2D eigenvalue weighted by molar-refractivity contribution is 0.192. The predicted molar refractivity (Wildman–Crippen MR) is 79.3 cm³/mol. The summed E-state index contributed by atoms with van der Waals surface area (Å²) >= 11 is 5.95. The van der Waals surface area contributed by atoms with Crippen LogP contribution in [0.5, 0.6) is 0 Å². The molecule has 2 aromatic carbocycles. The normalized spacial score (nSPS) is 14.0. The molecule has 0 aliphatic heterocycles. The molecule has 0 bridgehead atoms. The summed E-state index contributed by atoms with van der Waals surface area (Å²) in [6, 6.07) is 10.5. The number of hydrogen-bond acceptors (Lipinski definition) is 2. The van der Waals surface area contributed by atoms with Crippen LogP contribution in [0, 0.1) is 11.6 Å². The maximum atomic E-state index is 14.1. The molecule has 2 aromatic rings. The van der Waals surface area contributed by atoms with Crippen LogP contribution in [0.25, 0.3) is 0 Å². The van der Waals surface area contributed by atoms with Crippen LogP contribution in [-0.4, -0.2) is 18.3 Å². The Balaban J connectivity index is 2.49. The molecule has 112 valence electrons. The number of aliphatic hydroxyl groups excluding tert-OH is 1. The van der Waals surface area contributed by atoms with Gasteiger partial charge in [-0.15, -0.1) is 0 Å². The molecule has 0 fully saturated rings. The Bertz CT molecular complexity index is 629. The zero-order valence-electron chi connectivity index (χ0n) is 11.3. The second-order valence-electron chi connectivity index (χ2n) is 5.01. The Morgan fingerprint density at radius 2 is 1.71 bits per heavy atom. The van der Waals surface area contributed by atoms with Crippen molar-refractivity contribution in [3.05, 3.63) is 70.2 Å². The molecule has 1 unspecified atom stereocenters. The van der Waals surface area contributed by atoms with Crippen LogP contribution in [0.2, 0.25) is 5.02 Å². The molecule has 2 nitrogen and oxygen atoms in total. The number of aliphatic hydroxyl groups is 1. The summed E-state index contributed by atoms with van der Waals surface area (Å²) in [5, 5.41) is 9.76. The minimum atomic E-state index is -1.04. The van der Waals surface area contributed by atoms with Gasteiger partial charge < -0.3 is 10.8 Å². The van der Waals surface area contributed by atoms with E-state index in [4.69, 9.17) is 17.3 Å². The zero-order valence-corrected chi connectivity index (χ0v) is 12.1. The summed E-state index contributed by atoms with van der Waals surface area (Å²) in [5.74, 6) is -1.00. The molecule has 0 heterocycles. The maximum Gasteiger partial charge on any atom is 0.142 e. The highest BCUT2D eigenvalue weighted by Crippen LogP contribution is 2.32. The van der Waals surface area contributed by atoms with Crippen molar-refractivity contribution in [1.29, 1.82) is 0 Å². The molecule has 0 saturated carbocycles. The first-order valence-corrected chi connectivity index (χ1v) is 6.90. The number of rotatable bonds is 5. The topological polar surface area (TPSA) is 46.2 Å². The van der Waals surface area contributed by atoms with E-state index in [1.807, 2.05) is 0 Å². The van der Waals surface area contributed by atoms with E-state index in [-0.39, 0.29) is 24.6 Å². The van der Waals surface area contributed by atoms with Gasteiger partial charge in [0, 0.05) is 12.0 Å². The summed E-state index contributed by atoms with van der Waals surface area (Å²) in [6.45, 7) is -0.353. The van der Waals surface area contributed by atoms with Gasteiger partial charge in [0.25, 0.3) is 0 Å². The van der Waals surface area contributed by atoms with E-state index in [2.05, 4.69) is 0 Å². The van der Waals surface area contributed by atoms with Crippen molar-refractivity contribution in [2.45, 2.75) is 11.8 Å². The average Bonchev–Trinajstić information content (AvgIpc) is 2.50. The molecule has 0 aliphatic rings. The van der Waals surface area contributed by atoms with Gasteiger partial charge in [0.05, 0.1) is 11.6 Å². The van der Waals surface area contributed by atoms with Crippen LogP contribution >= 0.6 is 11.6 Å². The summed E-state index contributed by atoms with van der Waals surface area (Å²) in [5.41, 5.74) is 5.54. The fraction of sp³-hybridized carbons (Fsp3) is 0.250.